The number of aryl methyl sites for hydroxylation is 3. The van der Waals surface area contributed by atoms with Crippen molar-refractivity contribution in [3.63, 3.8) is 0 Å². The highest BCUT2D eigenvalue weighted by Crippen LogP contribution is 2.67. The van der Waals surface area contributed by atoms with Crippen LogP contribution in [-0.2, 0) is 22.4 Å². The molecule has 0 amide bonds. The van der Waals surface area contributed by atoms with Crippen LogP contribution in [0.2, 0.25) is 0 Å². The van der Waals surface area contributed by atoms with E-state index in [0.29, 0.717) is 17.3 Å². The Morgan fingerprint density at radius 3 is 2.41 bits per heavy atom. The molecule has 0 N–H and O–H groups in total. The lowest BCUT2D eigenvalue weighted by atomic mass is 9.47. The second kappa shape index (κ2) is 17.8. The molecule has 4 aliphatic carbocycles. The van der Waals surface area contributed by atoms with Gasteiger partial charge in [0.2, 0.25) is 0 Å². The van der Waals surface area contributed by atoms with Gasteiger partial charge in [0, 0.05) is 25.7 Å². The molecule has 1 heterocycles. The zero-order valence-electron chi connectivity index (χ0n) is 33.2. The van der Waals surface area contributed by atoms with Gasteiger partial charge in [-0.3, -0.25) is 4.79 Å². The van der Waals surface area contributed by atoms with Crippen molar-refractivity contribution >= 4 is 5.97 Å². The summed E-state index contributed by atoms with van der Waals surface area (Å²) in [6, 6.07) is 2.25. The molecule has 5 rings (SSSR count). The number of carbonyl (C=O) groups excluding carboxylic acids is 1. The zero-order valence-corrected chi connectivity index (χ0v) is 33.2. The van der Waals surface area contributed by atoms with E-state index in [1.54, 1.807) is 5.57 Å². The summed E-state index contributed by atoms with van der Waals surface area (Å²) in [6.07, 6.45) is 30.7. The van der Waals surface area contributed by atoms with Crippen molar-refractivity contribution in [2.45, 2.75) is 202 Å². The van der Waals surface area contributed by atoms with Crippen LogP contribution in [0.25, 0.3) is 0 Å². The van der Waals surface area contributed by atoms with Crippen LogP contribution in [0.5, 0.6) is 0 Å². The van der Waals surface area contributed by atoms with Crippen LogP contribution in [0.15, 0.2) is 22.1 Å². The molecule has 3 fully saturated rings. The monoisotopic (exact) mass is 677 g/mol. The number of allylic oxidation sites excluding steroid dienone is 1. The van der Waals surface area contributed by atoms with Crippen molar-refractivity contribution < 1.29 is 13.9 Å². The minimum atomic E-state index is 0.0406. The van der Waals surface area contributed by atoms with Gasteiger partial charge in [-0.25, -0.2) is 0 Å². The van der Waals surface area contributed by atoms with Crippen molar-refractivity contribution in [3.8, 4) is 0 Å². The molecule has 3 saturated carbocycles. The van der Waals surface area contributed by atoms with E-state index >= 15 is 0 Å². The third kappa shape index (κ3) is 9.49. The van der Waals surface area contributed by atoms with E-state index in [0.717, 1.165) is 74.0 Å². The highest BCUT2D eigenvalue weighted by atomic mass is 16.5. The fraction of sp³-hybridized carbons (Fsp3) is 0.848. The predicted molar refractivity (Wildman–Crippen MR) is 206 cm³/mol. The van der Waals surface area contributed by atoms with E-state index in [1.165, 1.54) is 120 Å². The van der Waals surface area contributed by atoms with E-state index < -0.39 is 0 Å². The molecule has 0 unspecified atom stereocenters. The number of furan rings is 1. The molecule has 278 valence electrons. The summed E-state index contributed by atoms with van der Waals surface area (Å²) in [6.45, 7) is 17.1. The Kier molecular flexibility index (Phi) is 14.1. The molecule has 0 spiro atoms. The number of rotatable bonds is 19. The van der Waals surface area contributed by atoms with Gasteiger partial charge in [0.15, 0.2) is 0 Å². The van der Waals surface area contributed by atoms with Crippen LogP contribution < -0.4 is 0 Å². The maximum absolute atomic E-state index is 12.9. The third-order valence-electron chi connectivity index (χ3n) is 14.7. The summed E-state index contributed by atoms with van der Waals surface area (Å²) in [7, 11) is 0. The van der Waals surface area contributed by atoms with E-state index in [4.69, 9.17) is 9.15 Å². The molecule has 49 heavy (non-hydrogen) atoms. The Bertz CT molecular complexity index is 1210. The molecule has 3 heteroatoms. The van der Waals surface area contributed by atoms with Gasteiger partial charge in [-0.2, -0.15) is 0 Å². The van der Waals surface area contributed by atoms with Gasteiger partial charge in [-0.15, -0.1) is 0 Å². The molecule has 3 nitrogen and oxygen atoms in total. The maximum atomic E-state index is 12.9. The van der Waals surface area contributed by atoms with Crippen molar-refractivity contribution in [2.24, 2.45) is 46.3 Å². The smallest absolute Gasteiger partial charge is 0.306 e. The highest BCUT2D eigenvalue weighted by molar-refractivity contribution is 5.69. The lowest BCUT2D eigenvalue weighted by Gasteiger charge is -2.58. The van der Waals surface area contributed by atoms with Crippen molar-refractivity contribution in [3.05, 3.63) is 34.8 Å². The van der Waals surface area contributed by atoms with Crippen LogP contribution in [0.3, 0.4) is 0 Å². The predicted octanol–water partition coefficient (Wildman–Crippen LogP) is 13.5. The average Bonchev–Trinajstić information content (AvgIpc) is 3.60. The highest BCUT2D eigenvalue weighted by Gasteiger charge is 2.59. The molecule has 8 atom stereocenters. The number of hydrogen-bond acceptors (Lipinski definition) is 3. The molecular weight excluding hydrogens is 601 g/mol. The molecule has 0 saturated heterocycles. The normalized spacial score (nSPS) is 31.6. The SMILES string of the molecule is CCCCCc1cc(C)c(CCCCCCCCC(=O)O[C@H]2CC[C@@]3(C)C(=CC[C@H]4[C@@H]5CC[C@H]([C@H](C)CCCC(C)C)[C@@]5(C)CC[C@@H]43)C2)o1. The fourth-order valence-electron chi connectivity index (χ4n) is 11.8. The summed E-state index contributed by atoms with van der Waals surface area (Å²) in [5, 5.41) is 0. The summed E-state index contributed by atoms with van der Waals surface area (Å²) in [5.41, 5.74) is 3.83. The summed E-state index contributed by atoms with van der Waals surface area (Å²) in [5.74, 6) is 7.63. The van der Waals surface area contributed by atoms with Crippen LogP contribution in [0.1, 0.15) is 193 Å². The van der Waals surface area contributed by atoms with E-state index in [1.807, 2.05) is 0 Å². The van der Waals surface area contributed by atoms with Crippen LogP contribution in [-0.4, -0.2) is 12.1 Å². The van der Waals surface area contributed by atoms with Gasteiger partial charge in [-0.05, 0) is 129 Å². The number of unbranched alkanes of at least 4 members (excludes halogenated alkanes) is 7. The molecular formula is C46H76O3. The number of carbonyl (C=O) groups is 1. The van der Waals surface area contributed by atoms with Crippen molar-refractivity contribution in [1.82, 2.24) is 0 Å². The first-order valence-electron chi connectivity index (χ1n) is 21.5. The lowest BCUT2D eigenvalue weighted by molar-refractivity contribution is -0.151. The fourth-order valence-corrected chi connectivity index (χ4v) is 11.8. The standard InChI is InChI=1S/C46H76O3/c1-8-9-14-20-37-31-35(5)43(48-37)21-15-12-10-11-13-16-22-44(47)49-38-27-29-45(6)36(32-38)23-24-39-41-26-25-40(34(4)19-17-18-33(2)3)46(41,7)30-28-42(39)45/h23,31,33-34,38-42H,8-22,24-30,32H2,1-7H3/t34-,38+,39+,40-,41+,42+,45+,46-/m1/s1. The Morgan fingerprint density at radius 1 is 0.878 bits per heavy atom. The molecule has 0 radical (unpaired) electrons. The molecule has 4 aliphatic rings. The Balaban J connectivity index is 0.991. The topological polar surface area (TPSA) is 39.4 Å². The molecule has 0 aliphatic heterocycles. The molecule has 0 aromatic carbocycles. The second-order valence-electron chi connectivity index (χ2n) is 18.5. The van der Waals surface area contributed by atoms with Crippen molar-refractivity contribution in [1.29, 1.82) is 0 Å². The Labute approximate surface area is 302 Å². The molecule has 1 aromatic rings. The lowest BCUT2D eigenvalue weighted by Crippen LogP contribution is -2.51. The first-order valence-corrected chi connectivity index (χ1v) is 21.5. The van der Waals surface area contributed by atoms with Crippen LogP contribution in [0.4, 0.5) is 0 Å². The summed E-state index contributed by atoms with van der Waals surface area (Å²) >= 11 is 0. The van der Waals surface area contributed by atoms with Gasteiger partial charge in [-0.1, -0.05) is 111 Å². The van der Waals surface area contributed by atoms with Gasteiger partial charge in [0.25, 0.3) is 0 Å². The van der Waals surface area contributed by atoms with E-state index in [-0.39, 0.29) is 12.1 Å². The van der Waals surface area contributed by atoms with Gasteiger partial charge in [0.05, 0.1) is 0 Å². The Morgan fingerprint density at radius 2 is 1.63 bits per heavy atom. The van der Waals surface area contributed by atoms with Gasteiger partial charge < -0.3 is 9.15 Å². The first-order chi connectivity index (χ1) is 23.5. The average molecular weight is 677 g/mol. The number of fused-ring (bicyclic) bond motifs is 5. The minimum absolute atomic E-state index is 0.0406. The quantitative estimate of drug-likeness (QED) is 0.0831. The van der Waals surface area contributed by atoms with Crippen LogP contribution >= 0.6 is 0 Å². The first kappa shape index (κ1) is 38.7. The van der Waals surface area contributed by atoms with Crippen LogP contribution in [0, 0.1) is 53.3 Å². The van der Waals surface area contributed by atoms with Crippen molar-refractivity contribution in [2.75, 3.05) is 0 Å². The molecule has 1 aromatic heterocycles. The van der Waals surface area contributed by atoms with Gasteiger partial charge >= 0.3 is 5.97 Å². The van der Waals surface area contributed by atoms with E-state index in [2.05, 4.69) is 60.6 Å². The largest absolute Gasteiger partial charge is 0.466 e. The number of ether oxygens (including phenoxy) is 1. The second-order valence-corrected chi connectivity index (χ2v) is 18.5. The minimum Gasteiger partial charge on any atom is -0.466 e. The number of hydrogen-bond donors (Lipinski definition) is 0. The third-order valence-corrected chi connectivity index (χ3v) is 14.7. The summed E-state index contributed by atoms with van der Waals surface area (Å²) in [4.78, 5) is 12.9. The number of esters is 1. The summed E-state index contributed by atoms with van der Waals surface area (Å²) < 4.78 is 12.3. The molecule has 0 bridgehead atoms. The Hall–Kier alpha value is -1.51. The maximum Gasteiger partial charge on any atom is 0.306 e. The van der Waals surface area contributed by atoms with Gasteiger partial charge in [0.1, 0.15) is 17.6 Å². The zero-order chi connectivity index (χ0) is 35.0. The van der Waals surface area contributed by atoms with E-state index in [9.17, 15) is 4.79 Å².